The van der Waals surface area contributed by atoms with Gasteiger partial charge in [-0.3, -0.25) is 14.9 Å². The van der Waals surface area contributed by atoms with Gasteiger partial charge in [-0.1, -0.05) is 30.3 Å². The van der Waals surface area contributed by atoms with Crippen molar-refractivity contribution >= 4 is 17.7 Å². The Labute approximate surface area is 132 Å². The van der Waals surface area contributed by atoms with Gasteiger partial charge in [-0.25, -0.2) is 0 Å². The highest BCUT2D eigenvalue weighted by Gasteiger charge is 2.09. The first-order valence-corrected chi connectivity index (χ1v) is 6.78. The van der Waals surface area contributed by atoms with Crippen molar-refractivity contribution in [1.29, 1.82) is 5.26 Å². The Bertz CT molecular complexity index is 775. The lowest BCUT2D eigenvalue weighted by Crippen LogP contribution is -2.23. The molecule has 6 nitrogen and oxygen atoms in total. The Kier molecular flexibility index (Phi) is 5.21. The number of rotatable bonds is 5. The molecule has 0 unspecified atom stereocenters. The van der Waals surface area contributed by atoms with Gasteiger partial charge in [0.05, 0.1) is 4.92 Å². The summed E-state index contributed by atoms with van der Waals surface area (Å²) in [6.45, 7) is 0.318. The maximum Gasteiger partial charge on any atom is 0.269 e. The van der Waals surface area contributed by atoms with Gasteiger partial charge in [0.15, 0.2) is 0 Å². The molecule has 0 saturated heterocycles. The molecular formula is C17H13N3O3. The van der Waals surface area contributed by atoms with E-state index in [-0.39, 0.29) is 11.3 Å². The van der Waals surface area contributed by atoms with Gasteiger partial charge in [-0.05, 0) is 29.3 Å². The van der Waals surface area contributed by atoms with Gasteiger partial charge in [0.2, 0.25) is 0 Å². The predicted molar refractivity (Wildman–Crippen MR) is 85.0 cm³/mol. The third kappa shape index (κ3) is 4.51. The lowest BCUT2D eigenvalue weighted by molar-refractivity contribution is -0.384. The number of nitro groups is 1. The molecule has 2 aromatic carbocycles. The summed E-state index contributed by atoms with van der Waals surface area (Å²) >= 11 is 0. The predicted octanol–water partition coefficient (Wildman–Crippen LogP) is 2.82. The lowest BCUT2D eigenvalue weighted by Gasteiger charge is -2.04. The number of nitriles is 1. The van der Waals surface area contributed by atoms with Crippen molar-refractivity contribution in [2.24, 2.45) is 0 Å². The molecular weight excluding hydrogens is 294 g/mol. The van der Waals surface area contributed by atoms with Gasteiger partial charge in [0.25, 0.3) is 11.6 Å². The third-order valence-electron chi connectivity index (χ3n) is 3.08. The van der Waals surface area contributed by atoms with Gasteiger partial charge < -0.3 is 5.32 Å². The van der Waals surface area contributed by atoms with Crippen LogP contribution in [0, 0.1) is 21.4 Å². The normalized spacial score (nSPS) is 10.7. The van der Waals surface area contributed by atoms with Crippen LogP contribution < -0.4 is 5.32 Å². The van der Waals surface area contributed by atoms with Gasteiger partial charge in [0, 0.05) is 18.7 Å². The molecule has 1 amide bonds. The Morgan fingerprint density at radius 2 is 1.83 bits per heavy atom. The fraction of sp³-hybridized carbons (Fsp3) is 0.0588. The van der Waals surface area contributed by atoms with Crippen molar-refractivity contribution in [2.45, 2.75) is 6.54 Å². The minimum absolute atomic E-state index is 0.0470. The molecule has 0 aliphatic carbocycles. The number of amides is 1. The molecule has 0 radical (unpaired) electrons. The second-order valence-corrected chi connectivity index (χ2v) is 4.69. The zero-order chi connectivity index (χ0) is 16.7. The molecule has 23 heavy (non-hydrogen) atoms. The maximum atomic E-state index is 12.0. The molecule has 114 valence electrons. The van der Waals surface area contributed by atoms with E-state index in [4.69, 9.17) is 5.26 Å². The minimum Gasteiger partial charge on any atom is -0.347 e. The fourth-order valence-electron chi connectivity index (χ4n) is 1.88. The Morgan fingerprint density at radius 1 is 1.17 bits per heavy atom. The van der Waals surface area contributed by atoms with Crippen molar-refractivity contribution < 1.29 is 9.72 Å². The number of nitrogens with zero attached hydrogens (tertiary/aromatic N) is 2. The average molecular weight is 307 g/mol. The van der Waals surface area contributed by atoms with Crippen molar-refractivity contribution in [3.8, 4) is 6.07 Å². The largest absolute Gasteiger partial charge is 0.347 e. The number of benzene rings is 2. The summed E-state index contributed by atoms with van der Waals surface area (Å²) in [5.74, 6) is -0.491. The van der Waals surface area contributed by atoms with Crippen LogP contribution in [0.4, 0.5) is 5.69 Å². The highest BCUT2D eigenvalue weighted by Crippen LogP contribution is 2.14. The molecule has 0 aromatic heterocycles. The smallest absolute Gasteiger partial charge is 0.269 e. The molecule has 1 N–H and O–H groups in total. The number of hydrogen-bond donors (Lipinski definition) is 1. The van der Waals surface area contributed by atoms with Crippen LogP contribution in [0.1, 0.15) is 11.1 Å². The second-order valence-electron chi connectivity index (χ2n) is 4.69. The Morgan fingerprint density at radius 3 is 2.39 bits per heavy atom. The van der Waals surface area contributed by atoms with E-state index < -0.39 is 10.8 Å². The molecule has 0 atom stereocenters. The highest BCUT2D eigenvalue weighted by molar-refractivity contribution is 6.01. The first-order valence-electron chi connectivity index (χ1n) is 6.78. The number of non-ortho nitro benzene ring substituents is 1. The Hall–Kier alpha value is -3.46. The van der Waals surface area contributed by atoms with Crippen LogP contribution >= 0.6 is 0 Å². The third-order valence-corrected chi connectivity index (χ3v) is 3.08. The van der Waals surface area contributed by atoms with E-state index in [2.05, 4.69) is 5.32 Å². The van der Waals surface area contributed by atoms with Crippen molar-refractivity contribution in [1.82, 2.24) is 5.32 Å². The van der Waals surface area contributed by atoms with Crippen LogP contribution in [0.2, 0.25) is 0 Å². The molecule has 0 aliphatic rings. The van der Waals surface area contributed by atoms with E-state index in [1.165, 1.54) is 30.3 Å². The number of nitro benzene ring substituents is 1. The van der Waals surface area contributed by atoms with Crippen molar-refractivity contribution in [3.05, 3.63) is 81.4 Å². The monoisotopic (exact) mass is 307 g/mol. The first-order chi connectivity index (χ1) is 11.1. The fourth-order valence-corrected chi connectivity index (χ4v) is 1.88. The highest BCUT2D eigenvalue weighted by atomic mass is 16.6. The molecule has 0 saturated carbocycles. The quantitative estimate of drug-likeness (QED) is 0.397. The van der Waals surface area contributed by atoms with Crippen LogP contribution in [0.5, 0.6) is 0 Å². The second kappa shape index (κ2) is 7.52. The summed E-state index contributed by atoms with van der Waals surface area (Å²) in [5, 5.41) is 22.4. The van der Waals surface area contributed by atoms with Gasteiger partial charge in [0.1, 0.15) is 11.6 Å². The van der Waals surface area contributed by atoms with E-state index in [9.17, 15) is 14.9 Å². The average Bonchev–Trinajstić information content (AvgIpc) is 2.59. The van der Waals surface area contributed by atoms with Crippen molar-refractivity contribution in [3.63, 3.8) is 0 Å². The van der Waals surface area contributed by atoms with E-state index in [0.29, 0.717) is 12.1 Å². The van der Waals surface area contributed by atoms with Gasteiger partial charge in [-0.2, -0.15) is 5.26 Å². The van der Waals surface area contributed by atoms with E-state index >= 15 is 0 Å². The van der Waals surface area contributed by atoms with Crippen LogP contribution in [-0.4, -0.2) is 10.8 Å². The molecule has 0 bridgehead atoms. The van der Waals surface area contributed by atoms with Gasteiger partial charge >= 0.3 is 0 Å². The minimum atomic E-state index is -0.509. The van der Waals surface area contributed by atoms with Gasteiger partial charge in [-0.15, -0.1) is 0 Å². The summed E-state index contributed by atoms with van der Waals surface area (Å²) in [7, 11) is 0. The van der Waals surface area contributed by atoms with Crippen LogP contribution in [0.3, 0.4) is 0 Å². The summed E-state index contributed by atoms with van der Waals surface area (Å²) in [6.07, 6.45) is 1.39. The van der Waals surface area contributed by atoms with E-state index in [1.54, 1.807) is 0 Å². The van der Waals surface area contributed by atoms with E-state index in [1.807, 2.05) is 36.4 Å². The summed E-state index contributed by atoms with van der Waals surface area (Å²) in [5.41, 5.74) is 1.36. The van der Waals surface area contributed by atoms with Crippen LogP contribution in [0.15, 0.2) is 60.2 Å². The number of hydrogen-bond acceptors (Lipinski definition) is 4. The lowest BCUT2D eigenvalue weighted by atomic mass is 10.1. The summed E-state index contributed by atoms with van der Waals surface area (Å²) < 4.78 is 0. The number of carbonyl (C=O) groups excluding carboxylic acids is 1. The number of carbonyl (C=O) groups is 1. The Balaban J connectivity index is 2.07. The van der Waals surface area contributed by atoms with Crippen LogP contribution in [-0.2, 0) is 11.3 Å². The summed E-state index contributed by atoms with van der Waals surface area (Å²) in [4.78, 5) is 22.1. The standard InChI is InChI=1S/C17H13N3O3/c18-11-15(10-13-6-8-16(9-7-13)20(22)23)17(21)19-12-14-4-2-1-3-5-14/h1-10H,12H2,(H,19,21)/b15-10+. The maximum absolute atomic E-state index is 12.0. The summed E-state index contributed by atoms with van der Waals surface area (Å²) in [6, 6.07) is 16.8. The SMILES string of the molecule is N#C/C(=C\c1ccc([N+](=O)[O-])cc1)C(=O)NCc1ccccc1. The topological polar surface area (TPSA) is 96.0 Å². The molecule has 0 fully saturated rings. The van der Waals surface area contributed by atoms with E-state index in [0.717, 1.165) is 5.56 Å². The molecule has 0 heterocycles. The van der Waals surface area contributed by atoms with Crippen molar-refractivity contribution in [2.75, 3.05) is 0 Å². The zero-order valence-electron chi connectivity index (χ0n) is 12.1. The number of nitrogens with one attached hydrogen (secondary N) is 1. The first kappa shape index (κ1) is 15.9. The molecule has 0 spiro atoms. The molecule has 6 heteroatoms. The van der Waals surface area contributed by atoms with Crippen LogP contribution in [0.25, 0.3) is 6.08 Å². The molecule has 2 rings (SSSR count). The molecule has 0 aliphatic heterocycles. The zero-order valence-corrected chi connectivity index (χ0v) is 12.1. The molecule has 2 aromatic rings.